The molecule has 7 aliphatic heterocycles. The number of hydrogen-bond donors (Lipinski definition) is 3. The molecule has 73 heavy (non-hydrogen) atoms. The predicted molar refractivity (Wildman–Crippen MR) is 272 cm³/mol. The van der Waals surface area contributed by atoms with Crippen molar-refractivity contribution in [2.75, 3.05) is 80.9 Å². The summed E-state index contributed by atoms with van der Waals surface area (Å²) in [6, 6.07) is 21.1. The van der Waals surface area contributed by atoms with E-state index in [-0.39, 0.29) is 53.3 Å². The Morgan fingerprint density at radius 2 is 1.75 bits per heavy atom. The van der Waals surface area contributed by atoms with Crippen molar-refractivity contribution in [2.45, 2.75) is 106 Å². The van der Waals surface area contributed by atoms with Crippen molar-refractivity contribution in [1.82, 2.24) is 24.5 Å². The molecular weight excluding hydrogens is 955 g/mol. The molecule has 2 aromatic heterocycles. The number of H-pyrrole nitrogens is 1. The van der Waals surface area contributed by atoms with E-state index in [1.54, 1.807) is 12.3 Å². The number of carbonyl (C=O) groups excluding carboxylic acids is 1. The van der Waals surface area contributed by atoms with Crippen LogP contribution in [0.1, 0.15) is 79.9 Å². The number of aromatic nitrogens is 2. The van der Waals surface area contributed by atoms with Crippen LogP contribution in [0, 0.1) is 15.5 Å². The molecule has 6 fully saturated rings. The van der Waals surface area contributed by atoms with Crippen LogP contribution in [-0.2, 0) is 24.2 Å². The van der Waals surface area contributed by atoms with E-state index in [4.69, 9.17) is 28.7 Å². The molecule has 384 valence electrons. The zero-order valence-electron chi connectivity index (χ0n) is 41.2. The summed E-state index contributed by atoms with van der Waals surface area (Å²) in [5, 5.41) is 16.7. The Bertz CT molecular complexity index is 3110. The van der Waals surface area contributed by atoms with Gasteiger partial charge in [0.2, 0.25) is 5.88 Å². The van der Waals surface area contributed by atoms with Crippen LogP contribution in [0.2, 0.25) is 0 Å². The molecule has 6 atom stereocenters. The number of ether oxygens (including phenoxy) is 5. The van der Waals surface area contributed by atoms with E-state index in [2.05, 4.69) is 74.8 Å². The number of nitro benzene ring substituents is 1. The van der Waals surface area contributed by atoms with Gasteiger partial charge in [-0.2, -0.15) is 4.98 Å². The third kappa shape index (κ3) is 8.06. The Morgan fingerprint density at radius 3 is 2.55 bits per heavy atom. The van der Waals surface area contributed by atoms with Crippen molar-refractivity contribution in [3.63, 3.8) is 0 Å². The number of aromatic amines is 1. The summed E-state index contributed by atoms with van der Waals surface area (Å²) in [7, 11) is -4.72. The fraction of sp³-hybridized carbons (Fsp3) is 0.509. The van der Waals surface area contributed by atoms with Crippen LogP contribution in [0.5, 0.6) is 11.6 Å². The molecular formula is C53H61N9O10S. The molecule has 13 rings (SSSR count). The van der Waals surface area contributed by atoms with E-state index in [0.29, 0.717) is 80.5 Å². The van der Waals surface area contributed by atoms with Gasteiger partial charge in [0.1, 0.15) is 24.0 Å². The Balaban J connectivity index is 0.782. The molecule has 1 unspecified atom stereocenters. The van der Waals surface area contributed by atoms with Crippen LogP contribution < -0.4 is 29.3 Å². The van der Waals surface area contributed by atoms with Crippen LogP contribution in [0.25, 0.3) is 11.0 Å². The molecule has 3 aromatic carbocycles. The number of nitro groups is 1. The Labute approximate surface area is 423 Å². The second kappa shape index (κ2) is 17.8. The summed E-state index contributed by atoms with van der Waals surface area (Å²) in [6.07, 6.45) is 5.65. The molecule has 19 nitrogen and oxygen atoms in total. The first kappa shape index (κ1) is 46.7. The smallest absolute Gasteiger partial charge is 0.297 e. The monoisotopic (exact) mass is 1020 g/mol. The van der Waals surface area contributed by atoms with Gasteiger partial charge in [-0.05, 0) is 86.5 Å². The van der Waals surface area contributed by atoms with E-state index < -0.39 is 43.6 Å². The van der Waals surface area contributed by atoms with Gasteiger partial charge < -0.3 is 43.8 Å². The lowest BCUT2D eigenvalue weighted by Gasteiger charge is -2.62. The second-order valence-corrected chi connectivity index (χ2v) is 23.5. The number of morpholine rings is 1. The highest BCUT2D eigenvalue weighted by molar-refractivity contribution is 7.90. The molecule has 20 heteroatoms. The zero-order valence-corrected chi connectivity index (χ0v) is 42.0. The number of sulfonamides is 1. The Morgan fingerprint density at radius 1 is 0.932 bits per heavy atom. The number of nitrogens with one attached hydrogen (secondary N) is 3. The minimum atomic E-state index is -4.72. The highest BCUT2D eigenvalue weighted by Crippen LogP contribution is 2.55. The topological polar surface area (TPSA) is 206 Å². The fourth-order valence-electron chi connectivity index (χ4n) is 13.1. The predicted octanol–water partition coefficient (Wildman–Crippen LogP) is 6.48. The lowest BCUT2D eigenvalue weighted by atomic mass is 9.60. The van der Waals surface area contributed by atoms with Crippen LogP contribution in [0.15, 0.2) is 77.8 Å². The maximum absolute atomic E-state index is 14.8. The van der Waals surface area contributed by atoms with Crippen molar-refractivity contribution >= 4 is 55.4 Å². The van der Waals surface area contributed by atoms with Gasteiger partial charge in [-0.25, -0.2) is 13.1 Å². The van der Waals surface area contributed by atoms with Gasteiger partial charge in [-0.15, -0.1) is 0 Å². The molecule has 8 aliphatic rings. The molecule has 1 aliphatic carbocycles. The lowest BCUT2D eigenvalue weighted by Crippen LogP contribution is -2.66. The number of amides is 1. The summed E-state index contributed by atoms with van der Waals surface area (Å²) in [6.45, 7) is 12.5. The van der Waals surface area contributed by atoms with Gasteiger partial charge in [-0.3, -0.25) is 24.7 Å². The van der Waals surface area contributed by atoms with Crippen molar-refractivity contribution in [2.24, 2.45) is 5.41 Å². The molecule has 5 aromatic rings. The molecule has 9 heterocycles. The minimum Gasteiger partial charge on any atom is -0.489 e. The third-order valence-corrected chi connectivity index (χ3v) is 18.2. The number of likely N-dealkylation sites (tertiary alicyclic amines) is 1. The molecule has 3 N–H and O–H groups in total. The van der Waals surface area contributed by atoms with Gasteiger partial charge in [0.15, 0.2) is 11.4 Å². The highest BCUT2D eigenvalue weighted by atomic mass is 32.2. The first-order valence-electron chi connectivity index (χ1n) is 25.8. The molecule has 1 amide bonds. The largest absolute Gasteiger partial charge is 0.489 e. The van der Waals surface area contributed by atoms with Crippen molar-refractivity contribution in [1.29, 1.82) is 0 Å². The van der Waals surface area contributed by atoms with E-state index >= 15 is 0 Å². The fourth-order valence-corrected chi connectivity index (χ4v) is 14.1. The molecule has 5 saturated heterocycles. The summed E-state index contributed by atoms with van der Waals surface area (Å²) in [4.78, 5) is 43.7. The van der Waals surface area contributed by atoms with Crippen LogP contribution in [-0.4, -0.2) is 147 Å². The second-order valence-electron chi connectivity index (χ2n) is 21.8. The van der Waals surface area contributed by atoms with E-state index in [0.717, 1.165) is 49.6 Å². The number of anilines is 4. The summed E-state index contributed by atoms with van der Waals surface area (Å²) < 4.78 is 61.3. The summed E-state index contributed by atoms with van der Waals surface area (Å²) in [5.41, 5.74) is 5.34. The molecule has 1 spiro atoms. The number of rotatable bonds is 11. The van der Waals surface area contributed by atoms with Crippen LogP contribution in [0.4, 0.5) is 28.4 Å². The lowest BCUT2D eigenvalue weighted by molar-refractivity contribution is -0.384. The summed E-state index contributed by atoms with van der Waals surface area (Å²) >= 11 is 0. The van der Waals surface area contributed by atoms with Crippen molar-refractivity contribution < 1.29 is 41.8 Å². The van der Waals surface area contributed by atoms with E-state index in [1.165, 1.54) is 30.0 Å². The van der Waals surface area contributed by atoms with E-state index in [1.807, 2.05) is 29.2 Å². The van der Waals surface area contributed by atoms with Gasteiger partial charge in [-0.1, -0.05) is 38.1 Å². The maximum Gasteiger partial charge on any atom is 0.297 e. The number of fused-ring (bicyclic) bond motifs is 4. The number of carbonyl (C=O) groups is 1. The number of nitrogens with zero attached hydrogens (tertiary/aromatic N) is 6. The summed E-state index contributed by atoms with van der Waals surface area (Å²) in [5.74, 6) is -0.0994. The first-order chi connectivity index (χ1) is 35.3. The van der Waals surface area contributed by atoms with Crippen LogP contribution >= 0.6 is 0 Å². The Hall–Kier alpha value is -6.03. The van der Waals surface area contributed by atoms with Crippen molar-refractivity contribution in [3.8, 4) is 11.6 Å². The third-order valence-electron chi connectivity index (χ3n) is 16.9. The SMILES string of the molecule is CC(C)c1ccccc1[C@@H]1CCCN1C1CC2(C1)CN(c1ccc(C(=O)NS(=O)(=O)c3cc4c(c([N+](=O)[O-])c3)N[C@@H](C3CN(C5COC5)[C@H](C)CO3)CO4)c(N3c4cc5cc[nH]c5nc4O[C@@H]4COC[C@H]43)c1)C2. The molecule has 1 saturated carbocycles. The maximum atomic E-state index is 14.8. The van der Waals surface area contributed by atoms with Gasteiger partial charge in [0.05, 0.1) is 78.3 Å². The average molecular weight is 1020 g/mol. The Kier molecular flexibility index (Phi) is 11.4. The minimum absolute atomic E-state index is 0.0145. The van der Waals surface area contributed by atoms with Crippen molar-refractivity contribution in [3.05, 3.63) is 99.7 Å². The zero-order chi connectivity index (χ0) is 49.9. The highest BCUT2D eigenvalue weighted by Gasteiger charge is 2.55. The number of pyridine rings is 1. The normalized spacial score (nSPS) is 27.0. The quantitative estimate of drug-likeness (QED) is 0.0957. The number of hydrogen-bond acceptors (Lipinski definition) is 16. The number of benzene rings is 3. The van der Waals surface area contributed by atoms with Gasteiger partial charge in [0.25, 0.3) is 21.6 Å². The first-order valence-corrected chi connectivity index (χ1v) is 27.3. The van der Waals surface area contributed by atoms with Gasteiger partial charge >= 0.3 is 0 Å². The average Bonchev–Trinajstić information content (AvgIpc) is 4.13. The van der Waals surface area contributed by atoms with E-state index in [9.17, 15) is 23.3 Å². The molecule has 0 bridgehead atoms. The van der Waals surface area contributed by atoms with Crippen LogP contribution in [0.3, 0.4) is 0 Å². The standard InChI is InChI=1S/C53H61N9O10S/c1-30(2)37-7-4-5-8-38(37)41-9-6-14-59(41)34-19-53(20-34)28-58(29-53)33-10-11-39(42(16-33)61-44-15-32-12-13-54-50(32)56-52(44)72-48-27-69-26-45(48)61)51(63)57-73(66,67)36-17-43(62(64)65)49-46(18-36)71-25-40(55-49)47-21-60(31(3)22-70-47)35-23-68-24-35/h4-5,7-8,10-13,15-18,30-31,34-35,40-41,45,47-48,55H,6,9,14,19-29H2,1-3H3,(H,54,56)(H,57,63)/t31-,40-,41+,45-,47?,48-/m1/s1. The van der Waals surface area contributed by atoms with Gasteiger partial charge in [0, 0.05) is 72.6 Å². The molecule has 0 radical (unpaired) electrons.